The number of carbonyl (C=O) groups is 1. The first-order chi connectivity index (χ1) is 7.21. The van der Waals surface area contributed by atoms with Crippen molar-refractivity contribution >= 4 is 5.78 Å². The Morgan fingerprint density at radius 2 is 2.27 bits per heavy atom. The summed E-state index contributed by atoms with van der Waals surface area (Å²) in [7, 11) is 0. The molecule has 0 amide bonds. The molecule has 2 nitrogen and oxygen atoms in total. The summed E-state index contributed by atoms with van der Waals surface area (Å²) < 4.78 is 5.56. The molecule has 1 fully saturated rings. The molecule has 0 spiro atoms. The van der Waals surface area contributed by atoms with Gasteiger partial charge in [0.2, 0.25) is 0 Å². The zero-order chi connectivity index (χ0) is 10.5. The van der Waals surface area contributed by atoms with Crippen molar-refractivity contribution < 1.29 is 9.21 Å². The highest BCUT2D eigenvalue weighted by Gasteiger charge is 2.48. The maximum atomic E-state index is 12.0. The summed E-state index contributed by atoms with van der Waals surface area (Å²) in [5.41, 5.74) is 1.43. The van der Waals surface area contributed by atoms with Crippen molar-refractivity contribution in [1.29, 1.82) is 0 Å². The largest absolute Gasteiger partial charge is 0.468 e. The summed E-state index contributed by atoms with van der Waals surface area (Å²) in [6.45, 7) is 2.25. The highest BCUT2D eigenvalue weighted by Crippen LogP contribution is 2.52. The van der Waals surface area contributed by atoms with Crippen molar-refractivity contribution in [1.82, 2.24) is 0 Å². The van der Waals surface area contributed by atoms with E-state index in [1.165, 1.54) is 12.0 Å². The third-order valence-corrected chi connectivity index (χ3v) is 4.20. The van der Waals surface area contributed by atoms with Crippen LogP contribution in [0.25, 0.3) is 0 Å². The molecular weight excluding hydrogens is 188 g/mol. The number of rotatable bonds is 0. The normalized spacial score (nSPS) is 34.7. The highest BCUT2D eigenvalue weighted by atomic mass is 16.3. The lowest BCUT2D eigenvalue weighted by molar-refractivity contribution is -0.119. The van der Waals surface area contributed by atoms with E-state index in [-0.39, 0.29) is 11.3 Å². The number of aryl methyl sites for hydroxylation is 1. The van der Waals surface area contributed by atoms with Gasteiger partial charge in [0.05, 0.1) is 12.2 Å². The molecule has 1 heterocycles. The average molecular weight is 204 g/mol. The maximum Gasteiger partial charge on any atom is 0.144 e. The Balaban J connectivity index is 2.13. The van der Waals surface area contributed by atoms with E-state index in [0.29, 0.717) is 5.78 Å². The van der Waals surface area contributed by atoms with Crippen molar-refractivity contribution in [2.45, 2.75) is 44.9 Å². The van der Waals surface area contributed by atoms with Crippen LogP contribution in [0.1, 0.15) is 49.8 Å². The zero-order valence-corrected chi connectivity index (χ0v) is 9.08. The molecule has 0 saturated heterocycles. The molecule has 80 valence electrons. The fourth-order valence-electron chi connectivity index (χ4n) is 3.31. The van der Waals surface area contributed by atoms with Gasteiger partial charge in [0.25, 0.3) is 0 Å². The van der Waals surface area contributed by atoms with Crippen LogP contribution in [0.5, 0.6) is 0 Å². The lowest BCUT2D eigenvalue weighted by Gasteiger charge is -2.27. The van der Waals surface area contributed by atoms with E-state index in [2.05, 4.69) is 6.92 Å². The average Bonchev–Trinajstić information content (AvgIpc) is 2.70. The quantitative estimate of drug-likeness (QED) is 0.650. The fraction of sp³-hybridized carbons (Fsp3) is 0.615. The number of Topliss-reactive ketones (excluding diaryl/α,β-unsaturated/α-hetero) is 1. The van der Waals surface area contributed by atoms with Crippen molar-refractivity contribution in [2.75, 3.05) is 0 Å². The van der Waals surface area contributed by atoms with E-state index in [1.807, 2.05) is 6.07 Å². The second kappa shape index (κ2) is 2.97. The molecule has 2 heteroatoms. The van der Waals surface area contributed by atoms with Crippen molar-refractivity contribution in [3.63, 3.8) is 0 Å². The Bertz CT molecular complexity index is 404. The van der Waals surface area contributed by atoms with Crippen LogP contribution in [-0.2, 0) is 11.2 Å². The molecule has 1 saturated carbocycles. The van der Waals surface area contributed by atoms with Gasteiger partial charge in [0.1, 0.15) is 11.5 Å². The Hall–Kier alpha value is -1.05. The van der Waals surface area contributed by atoms with E-state index in [9.17, 15) is 4.79 Å². The minimum Gasteiger partial charge on any atom is -0.468 e. The minimum absolute atomic E-state index is 0.0463. The molecule has 0 radical (unpaired) electrons. The molecule has 1 aromatic rings. The van der Waals surface area contributed by atoms with Gasteiger partial charge >= 0.3 is 0 Å². The standard InChI is InChI=1S/C13H16O2/c1-13-6-2-3-9-5-8-15-12(9)11(13)10(14)4-7-13/h5,8,11H,2-4,6-7H2,1H3/t11-,13-/m0/s1. The van der Waals surface area contributed by atoms with Gasteiger partial charge in [0, 0.05) is 6.42 Å². The smallest absolute Gasteiger partial charge is 0.144 e. The maximum absolute atomic E-state index is 12.0. The molecule has 1 aromatic heterocycles. The van der Waals surface area contributed by atoms with Crippen LogP contribution in [0.3, 0.4) is 0 Å². The number of furan rings is 1. The Kier molecular flexibility index (Phi) is 1.82. The van der Waals surface area contributed by atoms with Gasteiger partial charge in [-0.05, 0) is 42.7 Å². The van der Waals surface area contributed by atoms with Crippen molar-refractivity contribution in [3.8, 4) is 0 Å². The van der Waals surface area contributed by atoms with Gasteiger partial charge in [-0.15, -0.1) is 0 Å². The predicted molar refractivity (Wildman–Crippen MR) is 56.7 cm³/mol. The van der Waals surface area contributed by atoms with Gasteiger partial charge in [0.15, 0.2) is 0 Å². The summed E-state index contributed by atoms with van der Waals surface area (Å²) in [6.07, 6.45) is 6.94. The minimum atomic E-state index is 0.0463. The van der Waals surface area contributed by atoms with Gasteiger partial charge in [-0.25, -0.2) is 0 Å². The fourth-order valence-corrected chi connectivity index (χ4v) is 3.31. The summed E-state index contributed by atoms with van der Waals surface area (Å²) in [6, 6.07) is 2.03. The van der Waals surface area contributed by atoms with Gasteiger partial charge in [-0.3, -0.25) is 4.79 Å². The summed E-state index contributed by atoms with van der Waals surface area (Å²) in [4.78, 5) is 12.0. The molecule has 3 rings (SSSR count). The number of ketones is 1. The third kappa shape index (κ3) is 1.20. The van der Waals surface area contributed by atoms with Crippen molar-refractivity contribution in [2.24, 2.45) is 5.41 Å². The first-order valence-corrected chi connectivity index (χ1v) is 5.80. The molecule has 0 unspecified atom stereocenters. The van der Waals surface area contributed by atoms with Crippen LogP contribution in [0.15, 0.2) is 16.7 Å². The molecule has 0 N–H and O–H groups in total. The molecule has 2 atom stereocenters. The first-order valence-electron chi connectivity index (χ1n) is 5.80. The molecule has 2 aliphatic rings. The highest BCUT2D eigenvalue weighted by molar-refractivity contribution is 5.88. The predicted octanol–water partition coefficient (Wildman–Crippen LogP) is 3.07. The lowest BCUT2D eigenvalue weighted by Crippen LogP contribution is -2.22. The summed E-state index contributed by atoms with van der Waals surface area (Å²) in [5.74, 6) is 1.40. The van der Waals surface area contributed by atoms with Crippen LogP contribution < -0.4 is 0 Å². The van der Waals surface area contributed by atoms with Gasteiger partial charge in [-0.2, -0.15) is 0 Å². The third-order valence-electron chi connectivity index (χ3n) is 4.20. The molecule has 0 bridgehead atoms. The molecule has 0 aromatic carbocycles. The molecule has 15 heavy (non-hydrogen) atoms. The SMILES string of the molecule is C[C@@]12CCCc3ccoc3[C@@H]1C(=O)CC2. The second-order valence-corrected chi connectivity index (χ2v) is 5.22. The van der Waals surface area contributed by atoms with Crippen LogP contribution in [0.4, 0.5) is 0 Å². The van der Waals surface area contributed by atoms with Crippen molar-refractivity contribution in [3.05, 3.63) is 23.7 Å². The van der Waals surface area contributed by atoms with Crippen LogP contribution in [0, 0.1) is 5.41 Å². The summed E-state index contributed by atoms with van der Waals surface area (Å²) in [5, 5.41) is 0. The second-order valence-electron chi connectivity index (χ2n) is 5.22. The summed E-state index contributed by atoms with van der Waals surface area (Å²) >= 11 is 0. The van der Waals surface area contributed by atoms with Crippen LogP contribution in [0.2, 0.25) is 0 Å². The lowest BCUT2D eigenvalue weighted by atomic mass is 9.76. The van der Waals surface area contributed by atoms with Gasteiger partial charge < -0.3 is 4.42 Å². The molecular formula is C13H16O2. The Morgan fingerprint density at radius 1 is 1.40 bits per heavy atom. The van der Waals surface area contributed by atoms with Gasteiger partial charge in [-0.1, -0.05) is 6.92 Å². The van der Waals surface area contributed by atoms with E-state index in [1.54, 1.807) is 6.26 Å². The van der Waals surface area contributed by atoms with E-state index < -0.39 is 0 Å². The zero-order valence-electron chi connectivity index (χ0n) is 9.08. The van der Waals surface area contributed by atoms with Crippen LogP contribution in [-0.4, -0.2) is 5.78 Å². The monoisotopic (exact) mass is 204 g/mol. The Morgan fingerprint density at radius 3 is 3.13 bits per heavy atom. The number of hydrogen-bond donors (Lipinski definition) is 0. The first kappa shape index (κ1) is 9.20. The topological polar surface area (TPSA) is 30.2 Å². The van der Waals surface area contributed by atoms with E-state index in [4.69, 9.17) is 4.42 Å². The van der Waals surface area contributed by atoms with E-state index >= 15 is 0 Å². The van der Waals surface area contributed by atoms with E-state index in [0.717, 1.165) is 31.4 Å². The molecule has 2 aliphatic carbocycles. The Labute approximate surface area is 89.7 Å². The number of fused-ring (bicyclic) bond motifs is 3. The molecule has 0 aliphatic heterocycles. The van der Waals surface area contributed by atoms with Crippen LogP contribution >= 0.6 is 0 Å². The number of hydrogen-bond acceptors (Lipinski definition) is 2. The number of carbonyl (C=O) groups excluding carboxylic acids is 1.